The zero-order valence-corrected chi connectivity index (χ0v) is 14.2. The molecule has 118 valence electrons. The van der Waals surface area contributed by atoms with Crippen molar-refractivity contribution in [2.24, 2.45) is 0 Å². The predicted octanol–water partition coefficient (Wildman–Crippen LogP) is 5.38. The van der Waals surface area contributed by atoms with E-state index in [1.54, 1.807) is 6.07 Å². The van der Waals surface area contributed by atoms with E-state index >= 15 is 0 Å². The van der Waals surface area contributed by atoms with E-state index in [0.717, 1.165) is 0 Å². The van der Waals surface area contributed by atoms with Gasteiger partial charge < -0.3 is 4.57 Å². The Bertz CT molecular complexity index is 505. The van der Waals surface area contributed by atoms with Gasteiger partial charge in [-0.05, 0) is 30.2 Å². The summed E-state index contributed by atoms with van der Waals surface area (Å²) in [7, 11) is 0. The molecule has 0 spiro atoms. The lowest BCUT2D eigenvalue weighted by Gasteiger charge is -2.29. The molecule has 1 heterocycles. The van der Waals surface area contributed by atoms with Crippen molar-refractivity contribution in [2.45, 2.75) is 90.5 Å². The van der Waals surface area contributed by atoms with Crippen molar-refractivity contribution < 1.29 is 0 Å². The molecule has 21 heavy (non-hydrogen) atoms. The zero-order chi connectivity index (χ0) is 15.4. The zero-order valence-electron chi connectivity index (χ0n) is 14.2. The lowest BCUT2D eigenvalue weighted by atomic mass is 9.91. The minimum atomic E-state index is 0.202. The van der Waals surface area contributed by atoms with Gasteiger partial charge in [-0.1, -0.05) is 65.9 Å². The molecule has 1 aliphatic carbocycles. The Labute approximate surface area is 129 Å². The standard InChI is InChI=1S/C19H31NO/c1-14(2)17-12-13-18(21)20(19(17)15(3)4)16-10-8-6-5-7-9-11-16/h12-16H,5-11H2,1-4H3. The first-order chi connectivity index (χ1) is 10.0. The molecule has 0 aliphatic heterocycles. The van der Waals surface area contributed by atoms with E-state index in [2.05, 4.69) is 38.3 Å². The molecule has 0 N–H and O–H groups in total. The first kappa shape index (κ1) is 16.3. The normalized spacial score (nSPS) is 18.0. The second kappa shape index (κ2) is 7.29. The van der Waals surface area contributed by atoms with Crippen LogP contribution >= 0.6 is 0 Å². The van der Waals surface area contributed by atoms with Crippen LogP contribution < -0.4 is 5.56 Å². The van der Waals surface area contributed by atoms with Crippen LogP contribution in [0.25, 0.3) is 0 Å². The number of rotatable bonds is 3. The van der Waals surface area contributed by atoms with Gasteiger partial charge in [-0.15, -0.1) is 0 Å². The predicted molar refractivity (Wildman–Crippen MR) is 90.2 cm³/mol. The molecule has 1 aliphatic rings. The minimum Gasteiger partial charge on any atom is -0.309 e. The summed E-state index contributed by atoms with van der Waals surface area (Å²) < 4.78 is 2.16. The molecule has 1 saturated carbocycles. The van der Waals surface area contributed by atoms with Crippen LogP contribution in [0.2, 0.25) is 0 Å². The van der Waals surface area contributed by atoms with E-state index < -0.39 is 0 Å². The van der Waals surface area contributed by atoms with Crippen LogP contribution in [0.1, 0.15) is 102 Å². The highest BCUT2D eigenvalue weighted by molar-refractivity contribution is 5.27. The third-order valence-electron chi connectivity index (χ3n) is 4.81. The quantitative estimate of drug-likeness (QED) is 0.732. The average Bonchev–Trinajstić information content (AvgIpc) is 2.38. The topological polar surface area (TPSA) is 22.0 Å². The van der Waals surface area contributed by atoms with Crippen LogP contribution in [0.5, 0.6) is 0 Å². The maximum Gasteiger partial charge on any atom is 0.251 e. The molecule has 2 rings (SSSR count). The molecule has 1 aromatic rings. The van der Waals surface area contributed by atoms with Gasteiger partial charge in [0.05, 0.1) is 0 Å². The molecule has 0 bridgehead atoms. The molecule has 2 heteroatoms. The van der Waals surface area contributed by atoms with Gasteiger partial charge in [-0.2, -0.15) is 0 Å². The average molecular weight is 289 g/mol. The van der Waals surface area contributed by atoms with Crippen molar-refractivity contribution >= 4 is 0 Å². The van der Waals surface area contributed by atoms with Gasteiger partial charge in [0.15, 0.2) is 0 Å². The van der Waals surface area contributed by atoms with Crippen LogP contribution in [0.15, 0.2) is 16.9 Å². The summed E-state index contributed by atoms with van der Waals surface area (Å²) in [5, 5.41) is 0. The summed E-state index contributed by atoms with van der Waals surface area (Å²) in [6, 6.07) is 4.26. The Morgan fingerprint density at radius 2 is 1.48 bits per heavy atom. The fourth-order valence-electron chi connectivity index (χ4n) is 3.75. The van der Waals surface area contributed by atoms with Crippen molar-refractivity contribution in [3.8, 4) is 0 Å². The fraction of sp³-hybridized carbons (Fsp3) is 0.737. The number of hydrogen-bond donors (Lipinski definition) is 0. The second-order valence-corrected chi connectivity index (χ2v) is 7.19. The SMILES string of the molecule is CC(C)c1ccc(=O)n(C2CCCCCCC2)c1C(C)C. The highest BCUT2D eigenvalue weighted by atomic mass is 16.1. The van der Waals surface area contributed by atoms with E-state index in [-0.39, 0.29) is 5.56 Å². The van der Waals surface area contributed by atoms with Crippen molar-refractivity contribution in [3.05, 3.63) is 33.7 Å². The van der Waals surface area contributed by atoms with E-state index in [1.165, 1.54) is 56.2 Å². The van der Waals surface area contributed by atoms with Gasteiger partial charge in [-0.3, -0.25) is 4.79 Å². The van der Waals surface area contributed by atoms with E-state index in [4.69, 9.17) is 0 Å². The Morgan fingerprint density at radius 3 is 2.00 bits per heavy atom. The maximum atomic E-state index is 12.6. The lowest BCUT2D eigenvalue weighted by Crippen LogP contribution is -2.30. The molecule has 0 saturated heterocycles. The molecular formula is C19H31NO. The Morgan fingerprint density at radius 1 is 0.905 bits per heavy atom. The maximum absolute atomic E-state index is 12.6. The van der Waals surface area contributed by atoms with Gasteiger partial charge in [-0.25, -0.2) is 0 Å². The number of aromatic nitrogens is 1. The van der Waals surface area contributed by atoms with Crippen molar-refractivity contribution in [1.82, 2.24) is 4.57 Å². The smallest absolute Gasteiger partial charge is 0.251 e. The van der Waals surface area contributed by atoms with Crippen molar-refractivity contribution in [3.63, 3.8) is 0 Å². The Hall–Kier alpha value is -1.05. The number of nitrogens with zero attached hydrogens (tertiary/aromatic N) is 1. The first-order valence-corrected chi connectivity index (χ1v) is 8.77. The molecule has 0 atom stereocenters. The Balaban J connectivity index is 2.49. The molecule has 0 amide bonds. The summed E-state index contributed by atoms with van der Waals surface area (Å²) in [6.07, 6.45) is 8.88. The highest BCUT2D eigenvalue weighted by Crippen LogP contribution is 2.31. The van der Waals surface area contributed by atoms with Crippen LogP contribution in [0.4, 0.5) is 0 Å². The lowest BCUT2D eigenvalue weighted by molar-refractivity contribution is 0.352. The van der Waals surface area contributed by atoms with Gasteiger partial charge in [0, 0.05) is 17.8 Å². The largest absolute Gasteiger partial charge is 0.309 e. The second-order valence-electron chi connectivity index (χ2n) is 7.19. The molecule has 2 nitrogen and oxygen atoms in total. The number of hydrogen-bond acceptors (Lipinski definition) is 1. The van der Waals surface area contributed by atoms with Crippen LogP contribution in [0.3, 0.4) is 0 Å². The van der Waals surface area contributed by atoms with Crippen molar-refractivity contribution in [1.29, 1.82) is 0 Å². The van der Waals surface area contributed by atoms with Gasteiger partial charge >= 0.3 is 0 Å². The van der Waals surface area contributed by atoms with E-state index in [0.29, 0.717) is 17.9 Å². The molecule has 0 unspecified atom stereocenters. The van der Waals surface area contributed by atoms with Crippen LogP contribution in [0, 0.1) is 0 Å². The molecule has 0 radical (unpaired) electrons. The summed E-state index contributed by atoms with van der Waals surface area (Å²) in [5.74, 6) is 0.879. The summed E-state index contributed by atoms with van der Waals surface area (Å²) in [4.78, 5) is 12.6. The monoisotopic (exact) mass is 289 g/mol. The first-order valence-electron chi connectivity index (χ1n) is 8.77. The van der Waals surface area contributed by atoms with Crippen LogP contribution in [-0.2, 0) is 0 Å². The summed E-state index contributed by atoms with van der Waals surface area (Å²) >= 11 is 0. The van der Waals surface area contributed by atoms with Gasteiger partial charge in [0.25, 0.3) is 5.56 Å². The molecule has 0 aromatic carbocycles. The minimum absolute atomic E-state index is 0.202. The molecular weight excluding hydrogens is 258 g/mol. The van der Waals surface area contributed by atoms with E-state index in [9.17, 15) is 4.79 Å². The molecule has 1 fully saturated rings. The van der Waals surface area contributed by atoms with Crippen molar-refractivity contribution in [2.75, 3.05) is 0 Å². The van der Waals surface area contributed by atoms with Crippen LogP contribution in [-0.4, -0.2) is 4.57 Å². The third-order valence-corrected chi connectivity index (χ3v) is 4.81. The van der Waals surface area contributed by atoms with Gasteiger partial charge in [0.2, 0.25) is 0 Å². The fourth-order valence-corrected chi connectivity index (χ4v) is 3.75. The van der Waals surface area contributed by atoms with E-state index in [1.807, 2.05) is 0 Å². The third kappa shape index (κ3) is 3.78. The summed E-state index contributed by atoms with van der Waals surface area (Å²) in [6.45, 7) is 8.91. The molecule has 1 aromatic heterocycles. The summed E-state index contributed by atoms with van der Waals surface area (Å²) in [5.41, 5.74) is 2.84. The highest BCUT2D eigenvalue weighted by Gasteiger charge is 2.22. The number of pyridine rings is 1. The van der Waals surface area contributed by atoms with Gasteiger partial charge in [0.1, 0.15) is 0 Å². The Kier molecular flexibility index (Phi) is 5.66.